The molecule has 0 heterocycles. The molecule has 1 N–H and O–H groups in total. The van der Waals surface area contributed by atoms with Gasteiger partial charge in [0.05, 0.1) is 0 Å². The normalized spacial score (nSPS) is 1.75. The van der Waals surface area contributed by atoms with Gasteiger partial charge in [-0.3, -0.25) is 13.6 Å². The summed E-state index contributed by atoms with van der Waals surface area (Å²) in [5.74, 6) is 0. The van der Waals surface area contributed by atoms with Crippen molar-refractivity contribution in [2.24, 2.45) is 0 Å². The van der Waals surface area contributed by atoms with E-state index >= 15 is 0 Å². The van der Waals surface area contributed by atoms with Gasteiger partial charge in [-0.25, -0.2) is 0 Å². The minimum absolute atomic E-state index is 0. The summed E-state index contributed by atoms with van der Waals surface area (Å²) in [5.41, 5.74) is 0. The van der Waals surface area contributed by atoms with E-state index in [0.717, 1.165) is 7.11 Å². The largest absolute Gasteiger partial charge is 3.00 e. The van der Waals surface area contributed by atoms with Crippen molar-refractivity contribution in [3.8, 4) is 0 Å². The van der Waals surface area contributed by atoms with Crippen LogP contribution in [0.3, 0.4) is 0 Å². The maximum absolute atomic E-state index is 7.75. The van der Waals surface area contributed by atoms with E-state index in [0.29, 0.717) is 0 Å². The molecule has 3 nitrogen and oxygen atoms in total. The van der Waals surface area contributed by atoms with Gasteiger partial charge in [-0.15, -0.1) is 0 Å². The molecule has 4 heteroatoms. The maximum atomic E-state index is 7.75. The second-order valence-electron chi connectivity index (χ2n) is 0. The molecule has 0 aromatic heterocycles. The van der Waals surface area contributed by atoms with E-state index in [1.807, 2.05) is 0 Å². The van der Waals surface area contributed by atoms with Crippen LogP contribution in [0.25, 0.3) is 0 Å². The third kappa shape index (κ3) is 56800. The van der Waals surface area contributed by atoms with E-state index in [1.54, 1.807) is 0 Å². The van der Waals surface area contributed by atoms with Crippen molar-refractivity contribution < 1.29 is 34.8 Å². The van der Waals surface area contributed by atoms with E-state index in [1.165, 1.54) is 0 Å². The summed E-state index contributed by atoms with van der Waals surface area (Å²) in [7, 11) is 1.00. The standard InChI is InChI=1S/CH4O.2CHO.CH3.Ir/c3*1-2;;/h2H,1H3;2*1H;1H3;/q;3*-1;+3. The molecular weight excluding hydrogens is 288 g/mol. The predicted molar refractivity (Wildman–Crippen MR) is 28.1 cm³/mol. The van der Waals surface area contributed by atoms with Gasteiger partial charge >= 0.3 is 20.1 Å². The second-order valence-corrected chi connectivity index (χ2v) is 0. The molecule has 0 unspecified atom stereocenters. The van der Waals surface area contributed by atoms with Gasteiger partial charge in [0.25, 0.3) is 0 Å². The van der Waals surface area contributed by atoms with Crippen LogP contribution >= 0.6 is 0 Å². The average Bonchev–Trinajstić information content (AvgIpc) is 1.81. The predicted octanol–water partition coefficient (Wildman–Crippen LogP) is -0.492. The molecule has 0 saturated heterocycles. The second kappa shape index (κ2) is 95900. The third-order valence-electron chi connectivity index (χ3n) is 0. The van der Waals surface area contributed by atoms with Gasteiger partial charge in [-0.05, 0) is 0 Å². The summed E-state index contributed by atoms with van der Waals surface area (Å²) < 4.78 is 0. The molecule has 0 radical (unpaired) electrons. The molecule has 0 spiro atoms. The van der Waals surface area contributed by atoms with E-state index in [4.69, 9.17) is 14.7 Å². The summed E-state index contributed by atoms with van der Waals surface area (Å²) >= 11 is 0. The van der Waals surface area contributed by atoms with Gasteiger partial charge in [-0.1, -0.05) is 0 Å². The molecule has 0 aliphatic carbocycles. The molecule has 0 rings (SSSR count). The first-order valence-electron chi connectivity index (χ1n) is 0.919. The summed E-state index contributed by atoms with van der Waals surface area (Å²) in [6, 6.07) is 0. The Morgan fingerprint density at radius 3 is 1.00 bits per heavy atom. The van der Waals surface area contributed by atoms with Crippen LogP contribution in [0.15, 0.2) is 0 Å². The molecule has 0 aromatic carbocycles. The van der Waals surface area contributed by atoms with Crippen molar-refractivity contribution >= 4 is 13.6 Å². The molecule has 0 fully saturated rings. The molecule has 0 aromatic rings. The van der Waals surface area contributed by atoms with Gasteiger partial charge in [-0.2, -0.15) is 0 Å². The Hall–Kier alpha value is -0.0506. The number of aliphatic hydroxyl groups excluding tert-OH is 1. The number of hydrogen-bond donors (Lipinski definition) is 1. The maximum Gasteiger partial charge on any atom is 3.00 e. The van der Waals surface area contributed by atoms with Crippen molar-refractivity contribution in [2.75, 3.05) is 7.11 Å². The molecule has 52 valence electrons. The van der Waals surface area contributed by atoms with E-state index in [9.17, 15) is 0 Å². The first-order valence-corrected chi connectivity index (χ1v) is 0.919. The van der Waals surface area contributed by atoms with Crippen LogP contribution < -0.4 is 0 Å². The van der Waals surface area contributed by atoms with Gasteiger partial charge in [0.15, 0.2) is 0 Å². The van der Waals surface area contributed by atoms with Crippen LogP contribution in [0.5, 0.6) is 0 Å². The topological polar surface area (TPSA) is 54.4 Å². The molecule has 0 aliphatic heterocycles. The van der Waals surface area contributed by atoms with Crippen LogP contribution in [0, 0.1) is 7.43 Å². The van der Waals surface area contributed by atoms with Gasteiger partial charge in [0, 0.05) is 7.11 Å². The molecule has 8 heavy (non-hydrogen) atoms. The van der Waals surface area contributed by atoms with E-state index < -0.39 is 0 Å². The van der Waals surface area contributed by atoms with Gasteiger partial charge in [0.2, 0.25) is 0 Å². The average molecular weight is 297 g/mol. The Labute approximate surface area is 63.4 Å². The molecule has 0 saturated carbocycles. The Morgan fingerprint density at radius 1 is 1.00 bits per heavy atom. The van der Waals surface area contributed by atoms with Crippen LogP contribution in [-0.2, 0) is 29.7 Å². The van der Waals surface area contributed by atoms with Crippen molar-refractivity contribution in [3.05, 3.63) is 7.43 Å². The number of carbonyl (C=O) groups excluding carboxylic acids is 2. The fourth-order valence-electron chi connectivity index (χ4n) is 0. The summed E-state index contributed by atoms with van der Waals surface area (Å²) in [6.07, 6.45) is 0. The van der Waals surface area contributed by atoms with Crippen LogP contribution in [0.2, 0.25) is 0 Å². The number of aliphatic hydroxyl groups is 1. The zero-order valence-corrected chi connectivity index (χ0v) is 7.15. The zero-order valence-electron chi connectivity index (χ0n) is 4.75. The van der Waals surface area contributed by atoms with Crippen LogP contribution in [0.1, 0.15) is 0 Å². The summed E-state index contributed by atoms with van der Waals surface area (Å²) in [6.45, 7) is 6.50. The van der Waals surface area contributed by atoms with Crippen molar-refractivity contribution in [1.29, 1.82) is 0 Å². The Balaban J connectivity index is -0.00000000500. The minimum atomic E-state index is 0. The van der Waals surface area contributed by atoms with Gasteiger partial charge in [0.1, 0.15) is 0 Å². The first-order chi connectivity index (χ1) is 3.00. The van der Waals surface area contributed by atoms with Crippen molar-refractivity contribution in [2.45, 2.75) is 0 Å². The quantitative estimate of drug-likeness (QED) is 0.485. The Morgan fingerprint density at radius 2 is 1.00 bits per heavy atom. The molecule has 0 amide bonds. The Kier molecular flexibility index (Phi) is 529000. The van der Waals surface area contributed by atoms with Crippen LogP contribution in [-0.4, -0.2) is 25.8 Å². The van der Waals surface area contributed by atoms with Crippen LogP contribution in [0.4, 0.5) is 0 Å². The van der Waals surface area contributed by atoms with E-state index in [2.05, 4.69) is 13.6 Å². The fourth-order valence-corrected chi connectivity index (χ4v) is 0. The first kappa shape index (κ1) is 44.1. The number of hydrogen-bond acceptors (Lipinski definition) is 3. The summed E-state index contributed by atoms with van der Waals surface area (Å²) in [5, 5.41) is 7.00. The molecular formula is C4H9IrO3. The van der Waals surface area contributed by atoms with Crippen molar-refractivity contribution in [1.82, 2.24) is 0 Å². The third-order valence-corrected chi connectivity index (χ3v) is 0. The fraction of sp³-hybridized carbons (Fsp3) is 0.250. The summed E-state index contributed by atoms with van der Waals surface area (Å²) in [4.78, 5) is 15.5. The smallest absolute Gasteiger partial charge is 0.545 e. The minimum Gasteiger partial charge on any atom is -0.545 e. The van der Waals surface area contributed by atoms with E-state index in [-0.39, 0.29) is 27.5 Å². The van der Waals surface area contributed by atoms with Crippen molar-refractivity contribution in [3.63, 3.8) is 0 Å². The van der Waals surface area contributed by atoms with Gasteiger partial charge < -0.3 is 22.1 Å². The SMILES string of the molecule is CO.[CH-]=O.[CH-]=O.[CH3-].[Ir+3]. The molecule has 0 bridgehead atoms. The molecule has 0 aliphatic rings. The zero-order chi connectivity index (χ0) is 6.00. The Bertz CT molecular complexity index is 13.2. The monoisotopic (exact) mass is 298 g/mol. The number of rotatable bonds is 0. The molecule has 0 atom stereocenters.